The van der Waals surface area contributed by atoms with Gasteiger partial charge < -0.3 is 10.4 Å². The second kappa shape index (κ2) is 2.90. The summed E-state index contributed by atoms with van der Waals surface area (Å²) >= 11 is 0. The standard InChI is InChI=1S/C6H9NO.CH2O2/c8-5-6(1-2-6)3-4-7-5;2-1-3/h1-4H2,(H,7,8);1H,(H,2,3). The molecule has 0 atom stereocenters. The lowest BCUT2D eigenvalue weighted by atomic mass is 10.1. The fourth-order valence-corrected chi connectivity index (χ4v) is 1.34. The maximum Gasteiger partial charge on any atom is 0.290 e. The van der Waals surface area contributed by atoms with E-state index in [1.807, 2.05) is 0 Å². The van der Waals surface area contributed by atoms with Gasteiger partial charge in [-0.15, -0.1) is 0 Å². The molecule has 1 spiro atoms. The van der Waals surface area contributed by atoms with Crippen LogP contribution in [0.3, 0.4) is 0 Å². The molecule has 2 aliphatic rings. The summed E-state index contributed by atoms with van der Waals surface area (Å²) in [6.45, 7) is 0.666. The summed E-state index contributed by atoms with van der Waals surface area (Å²) < 4.78 is 0. The van der Waals surface area contributed by atoms with Gasteiger partial charge in [0.2, 0.25) is 5.91 Å². The van der Waals surface area contributed by atoms with E-state index < -0.39 is 0 Å². The van der Waals surface area contributed by atoms with Gasteiger partial charge in [0.05, 0.1) is 5.41 Å². The van der Waals surface area contributed by atoms with Gasteiger partial charge >= 0.3 is 0 Å². The maximum absolute atomic E-state index is 10.8. The van der Waals surface area contributed by atoms with Gasteiger partial charge in [0, 0.05) is 6.54 Å². The summed E-state index contributed by atoms with van der Waals surface area (Å²) in [7, 11) is 0. The average Bonchev–Trinajstić information content (AvgIpc) is 2.62. The van der Waals surface area contributed by atoms with Crippen molar-refractivity contribution in [1.29, 1.82) is 0 Å². The largest absolute Gasteiger partial charge is 0.483 e. The minimum atomic E-state index is -0.250. The van der Waals surface area contributed by atoms with Crippen LogP contribution < -0.4 is 5.32 Å². The monoisotopic (exact) mass is 157 g/mol. The van der Waals surface area contributed by atoms with Crippen LogP contribution in [-0.2, 0) is 9.59 Å². The summed E-state index contributed by atoms with van der Waals surface area (Å²) in [5.41, 5.74) is 0.153. The van der Waals surface area contributed by atoms with Gasteiger partial charge in [0.25, 0.3) is 6.47 Å². The predicted molar refractivity (Wildman–Crippen MR) is 38.0 cm³/mol. The molecular weight excluding hydrogens is 146 g/mol. The zero-order valence-corrected chi connectivity index (χ0v) is 6.17. The molecule has 2 N–H and O–H groups in total. The lowest BCUT2D eigenvalue weighted by molar-refractivity contribution is -0.124. The number of nitrogens with one attached hydrogen (secondary N) is 1. The first-order chi connectivity index (χ1) is 5.25. The van der Waals surface area contributed by atoms with Crippen molar-refractivity contribution < 1.29 is 14.7 Å². The van der Waals surface area contributed by atoms with E-state index in [0.717, 1.165) is 25.8 Å². The van der Waals surface area contributed by atoms with E-state index in [0.29, 0.717) is 5.91 Å². The number of carbonyl (C=O) groups is 2. The van der Waals surface area contributed by atoms with E-state index in [1.165, 1.54) is 0 Å². The fraction of sp³-hybridized carbons (Fsp3) is 0.714. The first-order valence-corrected chi connectivity index (χ1v) is 3.61. The van der Waals surface area contributed by atoms with Gasteiger partial charge in [-0.2, -0.15) is 0 Å². The Hall–Kier alpha value is -1.06. The van der Waals surface area contributed by atoms with Crippen molar-refractivity contribution in [1.82, 2.24) is 5.32 Å². The average molecular weight is 157 g/mol. The summed E-state index contributed by atoms with van der Waals surface area (Å²) in [4.78, 5) is 19.2. The highest BCUT2D eigenvalue weighted by atomic mass is 16.3. The highest BCUT2D eigenvalue weighted by molar-refractivity contribution is 5.87. The number of amides is 1. The van der Waals surface area contributed by atoms with Crippen molar-refractivity contribution in [2.24, 2.45) is 5.41 Å². The Morgan fingerprint density at radius 3 is 2.18 bits per heavy atom. The van der Waals surface area contributed by atoms with Crippen LogP contribution in [0, 0.1) is 5.41 Å². The quantitative estimate of drug-likeness (QED) is 0.486. The number of carbonyl (C=O) groups excluding carboxylic acids is 1. The molecule has 0 aromatic carbocycles. The normalized spacial score (nSPS) is 23.5. The van der Waals surface area contributed by atoms with Crippen molar-refractivity contribution in [3.63, 3.8) is 0 Å². The molecule has 2 fully saturated rings. The van der Waals surface area contributed by atoms with Crippen LogP contribution in [0.2, 0.25) is 0 Å². The van der Waals surface area contributed by atoms with Crippen LogP contribution in [0.15, 0.2) is 0 Å². The smallest absolute Gasteiger partial charge is 0.290 e. The highest BCUT2D eigenvalue weighted by Crippen LogP contribution is 2.50. The molecular formula is C7H11NO3. The minimum Gasteiger partial charge on any atom is -0.483 e. The van der Waals surface area contributed by atoms with Gasteiger partial charge in [-0.1, -0.05) is 0 Å². The van der Waals surface area contributed by atoms with Crippen molar-refractivity contribution in [3.8, 4) is 0 Å². The minimum absolute atomic E-state index is 0.153. The number of carboxylic acid groups (broad SMARTS) is 1. The molecule has 2 rings (SSSR count). The van der Waals surface area contributed by atoms with E-state index in [4.69, 9.17) is 9.90 Å². The Bertz CT molecular complexity index is 175. The van der Waals surface area contributed by atoms with E-state index in [-0.39, 0.29) is 11.9 Å². The Morgan fingerprint density at radius 1 is 1.45 bits per heavy atom. The molecule has 4 nitrogen and oxygen atoms in total. The van der Waals surface area contributed by atoms with Crippen molar-refractivity contribution in [3.05, 3.63) is 0 Å². The molecule has 0 radical (unpaired) electrons. The first kappa shape index (κ1) is 8.04. The molecule has 4 heteroatoms. The molecule has 1 aliphatic heterocycles. The molecule has 0 aromatic rings. The molecule has 1 amide bonds. The summed E-state index contributed by atoms with van der Waals surface area (Å²) in [6, 6.07) is 0. The molecule has 11 heavy (non-hydrogen) atoms. The molecule has 1 saturated heterocycles. The zero-order valence-electron chi connectivity index (χ0n) is 6.17. The summed E-state index contributed by atoms with van der Waals surface area (Å²) in [5.74, 6) is 0.303. The summed E-state index contributed by atoms with van der Waals surface area (Å²) in [6.07, 6.45) is 3.36. The lowest BCUT2D eigenvalue weighted by Gasteiger charge is -1.95. The molecule has 0 aromatic heterocycles. The van der Waals surface area contributed by atoms with Gasteiger partial charge in [-0.3, -0.25) is 9.59 Å². The molecule has 1 saturated carbocycles. The van der Waals surface area contributed by atoms with Crippen LogP contribution in [0.5, 0.6) is 0 Å². The van der Waals surface area contributed by atoms with Gasteiger partial charge in [-0.05, 0) is 19.3 Å². The van der Waals surface area contributed by atoms with E-state index >= 15 is 0 Å². The van der Waals surface area contributed by atoms with Crippen LogP contribution in [0.1, 0.15) is 19.3 Å². The Kier molecular flexibility index (Phi) is 2.12. The van der Waals surface area contributed by atoms with Crippen molar-refractivity contribution in [2.45, 2.75) is 19.3 Å². The lowest BCUT2D eigenvalue weighted by Crippen LogP contribution is -2.19. The van der Waals surface area contributed by atoms with Crippen LogP contribution in [-0.4, -0.2) is 24.0 Å². The Labute approximate surface area is 64.6 Å². The Morgan fingerprint density at radius 2 is 2.00 bits per heavy atom. The second-order valence-corrected chi connectivity index (χ2v) is 2.89. The molecule has 0 unspecified atom stereocenters. The molecule has 62 valence electrons. The number of hydrogen-bond donors (Lipinski definition) is 2. The van der Waals surface area contributed by atoms with Crippen molar-refractivity contribution >= 4 is 12.4 Å². The van der Waals surface area contributed by atoms with E-state index in [1.54, 1.807) is 0 Å². The first-order valence-electron chi connectivity index (χ1n) is 3.61. The second-order valence-electron chi connectivity index (χ2n) is 2.89. The van der Waals surface area contributed by atoms with Crippen molar-refractivity contribution in [2.75, 3.05) is 6.54 Å². The van der Waals surface area contributed by atoms with Gasteiger partial charge in [0.1, 0.15) is 0 Å². The van der Waals surface area contributed by atoms with E-state index in [9.17, 15) is 4.79 Å². The Balaban J connectivity index is 0.000000179. The predicted octanol–water partition coefficient (Wildman–Crippen LogP) is -0.0127. The zero-order chi connectivity index (χ0) is 8.32. The van der Waals surface area contributed by atoms with E-state index in [2.05, 4.69) is 5.32 Å². The molecule has 1 heterocycles. The molecule has 0 bridgehead atoms. The third-order valence-corrected chi connectivity index (χ3v) is 2.22. The maximum atomic E-state index is 10.8. The molecule has 1 aliphatic carbocycles. The highest BCUT2D eigenvalue weighted by Gasteiger charge is 2.52. The number of hydrogen-bond acceptors (Lipinski definition) is 2. The topological polar surface area (TPSA) is 66.4 Å². The van der Waals surface area contributed by atoms with Gasteiger partial charge in [-0.25, -0.2) is 0 Å². The summed E-state index contributed by atoms with van der Waals surface area (Å²) in [5, 5.41) is 9.72. The van der Waals surface area contributed by atoms with Crippen LogP contribution in [0.25, 0.3) is 0 Å². The third kappa shape index (κ3) is 1.50. The van der Waals surface area contributed by atoms with Crippen LogP contribution >= 0.6 is 0 Å². The van der Waals surface area contributed by atoms with Crippen LogP contribution in [0.4, 0.5) is 0 Å². The number of rotatable bonds is 0. The SMILES string of the molecule is O=C1NCCC12CC2.O=CO. The fourth-order valence-electron chi connectivity index (χ4n) is 1.34. The third-order valence-electron chi connectivity index (χ3n) is 2.22. The van der Waals surface area contributed by atoms with Gasteiger partial charge in [0.15, 0.2) is 0 Å².